The van der Waals surface area contributed by atoms with Crippen LogP contribution in [-0.2, 0) is 4.79 Å². The van der Waals surface area contributed by atoms with Gasteiger partial charge in [0.1, 0.15) is 0 Å². The predicted octanol–water partition coefficient (Wildman–Crippen LogP) is 1.49. The molecule has 2 aliphatic heterocycles. The first-order valence-corrected chi connectivity index (χ1v) is 6.65. The minimum Gasteiger partial charge on any atom is -0.342 e. The van der Waals surface area contributed by atoms with Gasteiger partial charge in [-0.1, -0.05) is 13.8 Å². The molecule has 0 radical (unpaired) electrons. The van der Waals surface area contributed by atoms with Gasteiger partial charge in [-0.25, -0.2) is 0 Å². The molecule has 16 heavy (non-hydrogen) atoms. The number of amides is 1. The standard InChI is InChI=1S/C13H24N2O/c1-10(2)12-7-13(16)15(9-12)8-11-3-5-14-6-4-11/h10-12,14H,3-9H2,1-2H3. The molecule has 1 unspecified atom stereocenters. The number of nitrogens with one attached hydrogen (secondary N) is 1. The Kier molecular flexibility index (Phi) is 3.85. The van der Waals surface area contributed by atoms with Crippen LogP contribution in [-0.4, -0.2) is 37.0 Å². The topological polar surface area (TPSA) is 32.3 Å². The van der Waals surface area contributed by atoms with Gasteiger partial charge in [-0.05, 0) is 43.7 Å². The molecule has 2 saturated heterocycles. The highest BCUT2D eigenvalue weighted by atomic mass is 16.2. The van der Waals surface area contributed by atoms with Gasteiger partial charge in [0.15, 0.2) is 0 Å². The van der Waals surface area contributed by atoms with Gasteiger partial charge in [-0.15, -0.1) is 0 Å². The van der Waals surface area contributed by atoms with E-state index < -0.39 is 0 Å². The first kappa shape index (κ1) is 11.9. The minimum absolute atomic E-state index is 0.386. The number of hydrogen-bond donors (Lipinski definition) is 1. The number of carbonyl (C=O) groups excluding carboxylic acids is 1. The summed E-state index contributed by atoms with van der Waals surface area (Å²) in [7, 11) is 0. The molecule has 1 N–H and O–H groups in total. The summed E-state index contributed by atoms with van der Waals surface area (Å²) >= 11 is 0. The quantitative estimate of drug-likeness (QED) is 0.788. The van der Waals surface area contributed by atoms with E-state index >= 15 is 0 Å². The van der Waals surface area contributed by atoms with Crippen molar-refractivity contribution in [1.29, 1.82) is 0 Å². The molecule has 1 atom stereocenters. The SMILES string of the molecule is CC(C)C1CC(=O)N(CC2CCNCC2)C1. The maximum atomic E-state index is 11.9. The lowest BCUT2D eigenvalue weighted by Crippen LogP contribution is -2.37. The summed E-state index contributed by atoms with van der Waals surface area (Å²) in [5.41, 5.74) is 0. The molecule has 1 amide bonds. The van der Waals surface area contributed by atoms with Gasteiger partial charge in [-0.3, -0.25) is 4.79 Å². The lowest BCUT2D eigenvalue weighted by molar-refractivity contribution is -0.128. The number of nitrogens with zero attached hydrogens (tertiary/aromatic N) is 1. The predicted molar refractivity (Wildman–Crippen MR) is 65.1 cm³/mol. The zero-order chi connectivity index (χ0) is 11.5. The largest absolute Gasteiger partial charge is 0.342 e. The fourth-order valence-electron chi connectivity index (χ4n) is 2.80. The zero-order valence-electron chi connectivity index (χ0n) is 10.5. The van der Waals surface area contributed by atoms with E-state index in [1.807, 2.05) is 0 Å². The number of likely N-dealkylation sites (tertiary alicyclic amines) is 1. The second kappa shape index (κ2) is 5.17. The molecule has 3 heteroatoms. The fraction of sp³-hybridized carbons (Fsp3) is 0.923. The van der Waals surface area contributed by atoms with Crippen molar-refractivity contribution in [2.45, 2.75) is 33.1 Å². The van der Waals surface area contributed by atoms with Crippen molar-refractivity contribution < 1.29 is 4.79 Å². The van der Waals surface area contributed by atoms with Crippen molar-refractivity contribution in [3.8, 4) is 0 Å². The Morgan fingerprint density at radius 1 is 1.38 bits per heavy atom. The van der Waals surface area contributed by atoms with Gasteiger partial charge in [-0.2, -0.15) is 0 Å². The molecule has 2 rings (SSSR count). The van der Waals surface area contributed by atoms with E-state index in [4.69, 9.17) is 0 Å². The molecule has 2 fully saturated rings. The molecule has 92 valence electrons. The highest BCUT2D eigenvalue weighted by molar-refractivity contribution is 5.78. The minimum atomic E-state index is 0.386. The Hall–Kier alpha value is -0.570. The molecule has 0 aromatic carbocycles. The van der Waals surface area contributed by atoms with Crippen LogP contribution in [0.1, 0.15) is 33.1 Å². The smallest absolute Gasteiger partial charge is 0.222 e. The van der Waals surface area contributed by atoms with Crippen LogP contribution < -0.4 is 5.32 Å². The third kappa shape index (κ3) is 2.76. The molecule has 3 nitrogen and oxygen atoms in total. The monoisotopic (exact) mass is 224 g/mol. The van der Waals surface area contributed by atoms with Crippen LogP contribution in [0.3, 0.4) is 0 Å². The summed E-state index contributed by atoms with van der Waals surface area (Å²) in [6.45, 7) is 8.71. The molecule has 2 aliphatic rings. The second-order valence-corrected chi connectivity index (χ2v) is 5.70. The van der Waals surface area contributed by atoms with E-state index in [1.54, 1.807) is 0 Å². The van der Waals surface area contributed by atoms with Gasteiger partial charge in [0.05, 0.1) is 0 Å². The molecule has 0 spiro atoms. The lowest BCUT2D eigenvalue weighted by atomic mass is 9.95. The third-order valence-electron chi connectivity index (χ3n) is 4.12. The Morgan fingerprint density at radius 2 is 2.06 bits per heavy atom. The first-order chi connectivity index (χ1) is 7.66. The summed E-state index contributed by atoms with van der Waals surface area (Å²) in [4.78, 5) is 14.0. The van der Waals surface area contributed by atoms with Crippen LogP contribution in [0, 0.1) is 17.8 Å². The van der Waals surface area contributed by atoms with Crippen LogP contribution in [0.25, 0.3) is 0 Å². The molecule has 0 aliphatic carbocycles. The fourth-order valence-corrected chi connectivity index (χ4v) is 2.80. The van der Waals surface area contributed by atoms with Crippen molar-refractivity contribution in [3.63, 3.8) is 0 Å². The lowest BCUT2D eigenvalue weighted by Gasteiger charge is -2.27. The van der Waals surface area contributed by atoms with Gasteiger partial charge in [0.2, 0.25) is 5.91 Å². The summed E-state index contributed by atoms with van der Waals surface area (Å²) in [5, 5.41) is 3.37. The van der Waals surface area contributed by atoms with Crippen LogP contribution in [0.2, 0.25) is 0 Å². The number of piperidine rings is 1. The summed E-state index contributed by atoms with van der Waals surface area (Å²) in [6, 6.07) is 0. The number of rotatable bonds is 3. The Bertz CT molecular complexity index is 246. The number of carbonyl (C=O) groups is 1. The van der Waals surface area contributed by atoms with E-state index in [0.29, 0.717) is 17.7 Å². The van der Waals surface area contributed by atoms with Crippen molar-refractivity contribution in [2.24, 2.45) is 17.8 Å². The Balaban J connectivity index is 1.83. The Labute approximate surface area is 98.6 Å². The van der Waals surface area contributed by atoms with E-state index in [9.17, 15) is 4.79 Å². The van der Waals surface area contributed by atoms with Gasteiger partial charge in [0.25, 0.3) is 0 Å². The van der Waals surface area contributed by atoms with Gasteiger partial charge in [0, 0.05) is 19.5 Å². The van der Waals surface area contributed by atoms with Gasteiger partial charge >= 0.3 is 0 Å². The van der Waals surface area contributed by atoms with E-state index in [-0.39, 0.29) is 0 Å². The highest BCUT2D eigenvalue weighted by Crippen LogP contribution is 2.26. The molecule has 0 aromatic heterocycles. The average molecular weight is 224 g/mol. The molecule has 0 aromatic rings. The van der Waals surface area contributed by atoms with Crippen molar-refractivity contribution in [3.05, 3.63) is 0 Å². The van der Waals surface area contributed by atoms with Crippen LogP contribution >= 0.6 is 0 Å². The third-order valence-corrected chi connectivity index (χ3v) is 4.12. The zero-order valence-corrected chi connectivity index (χ0v) is 10.5. The maximum absolute atomic E-state index is 11.9. The summed E-state index contributed by atoms with van der Waals surface area (Å²) in [6.07, 6.45) is 3.24. The Morgan fingerprint density at radius 3 is 2.62 bits per heavy atom. The highest BCUT2D eigenvalue weighted by Gasteiger charge is 2.32. The first-order valence-electron chi connectivity index (χ1n) is 6.65. The van der Waals surface area contributed by atoms with Crippen molar-refractivity contribution in [2.75, 3.05) is 26.2 Å². The average Bonchev–Trinajstić information content (AvgIpc) is 2.62. The molecular formula is C13H24N2O. The summed E-state index contributed by atoms with van der Waals surface area (Å²) < 4.78 is 0. The van der Waals surface area contributed by atoms with E-state index in [2.05, 4.69) is 24.1 Å². The number of hydrogen-bond acceptors (Lipinski definition) is 2. The van der Waals surface area contributed by atoms with E-state index in [0.717, 1.165) is 38.5 Å². The molecule has 0 bridgehead atoms. The van der Waals surface area contributed by atoms with E-state index in [1.165, 1.54) is 12.8 Å². The van der Waals surface area contributed by atoms with Crippen LogP contribution in [0.15, 0.2) is 0 Å². The maximum Gasteiger partial charge on any atom is 0.222 e. The normalized spacial score (nSPS) is 28.1. The van der Waals surface area contributed by atoms with Crippen LogP contribution in [0.4, 0.5) is 0 Å². The molecular weight excluding hydrogens is 200 g/mol. The second-order valence-electron chi connectivity index (χ2n) is 5.70. The molecule has 0 saturated carbocycles. The van der Waals surface area contributed by atoms with Crippen molar-refractivity contribution >= 4 is 5.91 Å². The van der Waals surface area contributed by atoms with Crippen molar-refractivity contribution in [1.82, 2.24) is 10.2 Å². The van der Waals surface area contributed by atoms with Gasteiger partial charge < -0.3 is 10.2 Å². The summed E-state index contributed by atoms with van der Waals surface area (Å²) in [5.74, 6) is 2.35. The van der Waals surface area contributed by atoms with Crippen LogP contribution in [0.5, 0.6) is 0 Å². The molecule has 2 heterocycles.